The Bertz CT molecular complexity index is 1010. The SMILES string of the molecule is COCCNC1CCC(=Nc2ncc(F)c(-c3cc(NCC4(C#N)CC4)ncn3)n2)CC1. The van der Waals surface area contributed by atoms with Gasteiger partial charge in [-0.1, -0.05) is 0 Å². The van der Waals surface area contributed by atoms with Crippen LogP contribution in [0.25, 0.3) is 11.4 Å². The third-order valence-corrected chi connectivity index (χ3v) is 5.90. The van der Waals surface area contributed by atoms with Crippen molar-refractivity contribution in [1.29, 1.82) is 5.26 Å². The standard InChI is InChI=1S/C22H27FN8O/c1-32-9-8-25-15-2-4-16(5-3-15)30-21-26-11-17(23)20(31-21)18-10-19(29-14-28-18)27-13-22(12-24)6-7-22/h10-11,14-15,25H,2-9,13H2,1H3,(H,27,28,29). The first kappa shape index (κ1) is 22.2. The maximum Gasteiger partial charge on any atom is 0.250 e. The van der Waals surface area contributed by atoms with Gasteiger partial charge in [-0.25, -0.2) is 29.3 Å². The van der Waals surface area contributed by atoms with Crippen LogP contribution in [0.4, 0.5) is 16.2 Å². The van der Waals surface area contributed by atoms with Gasteiger partial charge in [0, 0.05) is 38.0 Å². The highest BCUT2D eigenvalue weighted by molar-refractivity contribution is 5.87. The molecule has 0 radical (unpaired) electrons. The number of methoxy groups -OCH3 is 1. The number of anilines is 1. The Labute approximate surface area is 186 Å². The third-order valence-electron chi connectivity index (χ3n) is 5.90. The van der Waals surface area contributed by atoms with Gasteiger partial charge < -0.3 is 15.4 Å². The molecule has 32 heavy (non-hydrogen) atoms. The number of nitriles is 1. The van der Waals surface area contributed by atoms with Gasteiger partial charge in [0.05, 0.1) is 30.0 Å². The molecule has 0 atom stereocenters. The maximum atomic E-state index is 14.5. The van der Waals surface area contributed by atoms with Gasteiger partial charge >= 0.3 is 0 Å². The summed E-state index contributed by atoms with van der Waals surface area (Å²) in [6.07, 6.45) is 7.92. The summed E-state index contributed by atoms with van der Waals surface area (Å²) >= 11 is 0. The van der Waals surface area contributed by atoms with Crippen LogP contribution in [0.15, 0.2) is 23.6 Å². The molecule has 0 bridgehead atoms. The van der Waals surface area contributed by atoms with Crippen molar-refractivity contribution in [2.75, 3.05) is 32.1 Å². The molecule has 2 aliphatic carbocycles. The molecule has 4 rings (SSSR count). The molecule has 2 saturated carbocycles. The summed E-state index contributed by atoms with van der Waals surface area (Å²) in [6.45, 7) is 2.04. The fourth-order valence-electron chi connectivity index (χ4n) is 3.69. The van der Waals surface area contributed by atoms with Crippen LogP contribution in [-0.4, -0.2) is 58.5 Å². The van der Waals surface area contributed by atoms with E-state index in [1.54, 1.807) is 13.2 Å². The van der Waals surface area contributed by atoms with Crippen molar-refractivity contribution < 1.29 is 9.13 Å². The number of hydrogen-bond acceptors (Lipinski definition) is 9. The number of rotatable bonds is 9. The predicted molar refractivity (Wildman–Crippen MR) is 118 cm³/mol. The Morgan fingerprint density at radius 2 is 2.09 bits per heavy atom. The molecular formula is C22H27FN8O. The van der Waals surface area contributed by atoms with Crippen LogP contribution >= 0.6 is 0 Å². The average Bonchev–Trinajstić information content (AvgIpc) is 3.61. The lowest BCUT2D eigenvalue weighted by Gasteiger charge is -2.24. The Morgan fingerprint density at radius 3 is 2.81 bits per heavy atom. The van der Waals surface area contributed by atoms with E-state index in [0.717, 1.165) is 57.0 Å². The van der Waals surface area contributed by atoms with Gasteiger partial charge in [0.1, 0.15) is 17.8 Å². The molecule has 2 aromatic heterocycles. The van der Waals surface area contributed by atoms with Gasteiger partial charge in [-0.2, -0.15) is 5.26 Å². The lowest BCUT2D eigenvalue weighted by Crippen LogP contribution is -2.35. The van der Waals surface area contributed by atoms with E-state index in [9.17, 15) is 9.65 Å². The zero-order chi connectivity index (χ0) is 22.4. The Kier molecular flexibility index (Phi) is 6.97. The summed E-state index contributed by atoms with van der Waals surface area (Å²) in [5.74, 6) is 0.193. The molecular weight excluding hydrogens is 411 g/mol. The largest absolute Gasteiger partial charge is 0.383 e. The van der Waals surface area contributed by atoms with Crippen molar-refractivity contribution in [1.82, 2.24) is 25.3 Å². The van der Waals surface area contributed by atoms with E-state index >= 15 is 0 Å². The van der Waals surface area contributed by atoms with Crippen LogP contribution in [0.1, 0.15) is 38.5 Å². The molecule has 0 saturated heterocycles. The molecule has 0 aromatic carbocycles. The second-order valence-corrected chi connectivity index (χ2v) is 8.30. The number of aliphatic imine (C=N–C) groups is 1. The van der Waals surface area contributed by atoms with Gasteiger partial charge in [0.2, 0.25) is 5.95 Å². The molecule has 168 valence electrons. The molecule has 2 N–H and O–H groups in total. The minimum absolute atomic E-state index is 0.0844. The van der Waals surface area contributed by atoms with Gasteiger partial charge in [0.25, 0.3) is 0 Å². The summed E-state index contributed by atoms with van der Waals surface area (Å²) in [5.41, 5.74) is 1.13. The minimum Gasteiger partial charge on any atom is -0.383 e. The smallest absolute Gasteiger partial charge is 0.250 e. The molecule has 2 aromatic rings. The van der Waals surface area contributed by atoms with E-state index in [-0.39, 0.29) is 17.1 Å². The van der Waals surface area contributed by atoms with Crippen LogP contribution in [0.2, 0.25) is 0 Å². The zero-order valence-corrected chi connectivity index (χ0v) is 18.1. The number of nitrogens with one attached hydrogen (secondary N) is 2. The Balaban J connectivity index is 1.43. The van der Waals surface area contributed by atoms with Crippen molar-refractivity contribution in [3.63, 3.8) is 0 Å². The minimum atomic E-state index is -0.569. The molecule has 0 aliphatic heterocycles. The molecule has 0 amide bonds. The van der Waals surface area contributed by atoms with Crippen molar-refractivity contribution in [2.24, 2.45) is 10.4 Å². The second kappa shape index (κ2) is 10.1. The average molecular weight is 439 g/mol. The number of ether oxygens (including phenoxy) is 1. The summed E-state index contributed by atoms with van der Waals surface area (Å²) < 4.78 is 19.6. The zero-order valence-electron chi connectivity index (χ0n) is 18.1. The lowest BCUT2D eigenvalue weighted by molar-refractivity contribution is 0.194. The van der Waals surface area contributed by atoms with Gasteiger partial charge in [-0.05, 0) is 38.5 Å². The number of halogens is 1. The van der Waals surface area contributed by atoms with Crippen LogP contribution in [0, 0.1) is 22.6 Å². The number of nitrogens with zero attached hydrogens (tertiary/aromatic N) is 6. The van der Waals surface area contributed by atoms with E-state index in [1.807, 2.05) is 0 Å². The van der Waals surface area contributed by atoms with Crippen molar-refractivity contribution in [3.05, 3.63) is 24.4 Å². The van der Waals surface area contributed by atoms with E-state index in [1.165, 1.54) is 6.33 Å². The lowest BCUT2D eigenvalue weighted by atomic mass is 9.93. The molecule has 10 heteroatoms. The van der Waals surface area contributed by atoms with Crippen LogP contribution in [0.5, 0.6) is 0 Å². The Hall–Kier alpha value is -3.03. The van der Waals surface area contributed by atoms with Gasteiger partial charge in [0.15, 0.2) is 5.82 Å². The maximum absolute atomic E-state index is 14.5. The fraction of sp³-hybridized carbons (Fsp3) is 0.545. The van der Waals surface area contributed by atoms with Crippen LogP contribution in [-0.2, 0) is 4.74 Å². The van der Waals surface area contributed by atoms with Crippen molar-refractivity contribution in [3.8, 4) is 17.5 Å². The Morgan fingerprint density at radius 1 is 1.28 bits per heavy atom. The first-order valence-electron chi connectivity index (χ1n) is 10.9. The second-order valence-electron chi connectivity index (χ2n) is 8.30. The highest BCUT2D eigenvalue weighted by Crippen LogP contribution is 2.44. The van der Waals surface area contributed by atoms with E-state index in [0.29, 0.717) is 30.7 Å². The molecule has 9 nitrogen and oxygen atoms in total. The topological polar surface area (TPSA) is 121 Å². The molecule has 2 fully saturated rings. The summed E-state index contributed by atoms with van der Waals surface area (Å²) in [7, 11) is 1.70. The third kappa shape index (κ3) is 5.60. The number of aromatic nitrogens is 4. The molecule has 2 heterocycles. The normalized spacial score (nSPS) is 19.3. The highest BCUT2D eigenvalue weighted by Gasteiger charge is 2.42. The summed E-state index contributed by atoms with van der Waals surface area (Å²) in [4.78, 5) is 21.3. The molecule has 0 unspecified atom stereocenters. The van der Waals surface area contributed by atoms with E-state index in [2.05, 4.69) is 41.6 Å². The van der Waals surface area contributed by atoms with Crippen LogP contribution in [0.3, 0.4) is 0 Å². The first-order chi connectivity index (χ1) is 15.6. The van der Waals surface area contributed by atoms with E-state index in [4.69, 9.17) is 4.74 Å². The first-order valence-corrected chi connectivity index (χ1v) is 10.9. The molecule has 2 aliphatic rings. The number of hydrogen-bond donors (Lipinski definition) is 2. The fourth-order valence-corrected chi connectivity index (χ4v) is 3.69. The van der Waals surface area contributed by atoms with Crippen molar-refractivity contribution in [2.45, 2.75) is 44.6 Å². The van der Waals surface area contributed by atoms with Gasteiger partial charge in [-0.15, -0.1) is 0 Å². The predicted octanol–water partition coefficient (Wildman–Crippen LogP) is 3.04. The quantitative estimate of drug-likeness (QED) is 0.573. The monoisotopic (exact) mass is 438 g/mol. The van der Waals surface area contributed by atoms with E-state index < -0.39 is 5.82 Å². The van der Waals surface area contributed by atoms with Gasteiger partial charge in [-0.3, -0.25) is 0 Å². The molecule has 0 spiro atoms. The van der Waals surface area contributed by atoms with Crippen LogP contribution < -0.4 is 10.6 Å². The summed E-state index contributed by atoms with van der Waals surface area (Å²) in [6, 6.07) is 4.42. The summed E-state index contributed by atoms with van der Waals surface area (Å²) in [5, 5.41) is 15.8. The highest BCUT2D eigenvalue weighted by atomic mass is 19.1. The van der Waals surface area contributed by atoms with Crippen molar-refractivity contribution >= 4 is 17.5 Å².